The molecule has 1 aromatic heterocycles. The van der Waals surface area contributed by atoms with E-state index in [0.717, 1.165) is 17.8 Å². The van der Waals surface area contributed by atoms with Crippen molar-refractivity contribution in [2.24, 2.45) is 0 Å². The Hall–Kier alpha value is -1.58. The van der Waals surface area contributed by atoms with Crippen molar-refractivity contribution >= 4 is 5.82 Å². The van der Waals surface area contributed by atoms with Crippen molar-refractivity contribution in [3.05, 3.63) is 34.5 Å². The minimum absolute atomic E-state index is 0.313. The van der Waals surface area contributed by atoms with Crippen LogP contribution in [-0.4, -0.2) is 9.97 Å². The normalized spacial score (nSPS) is 13.8. The molecule has 0 amide bonds. The minimum Gasteiger partial charge on any atom is -0.348 e. The number of hydrogen-bond acceptors (Lipinski definition) is 3. The van der Waals surface area contributed by atoms with E-state index in [4.69, 9.17) is 0 Å². The average molecular weight is 149 g/mol. The third-order valence-electron chi connectivity index (χ3n) is 1.57. The van der Waals surface area contributed by atoms with Crippen LogP contribution < -0.4 is 11.0 Å². The summed E-state index contributed by atoms with van der Waals surface area (Å²) in [5.41, 5.74) is 0.707. The number of rotatable bonds is 0. The fourth-order valence-corrected chi connectivity index (χ4v) is 1.03. The van der Waals surface area contributed by atoms with Crippen molar-refractivity contribution in [1.29, 1.82) is 0 Å². The summed E-state index contributed by atoms with van der Waals surface area (Å²) < 4.78 is 0. The summed E-state index contributed by atoms with van der Waals surface area (Å²) in [4.78, 5) is 16.9. The van der Waals surface area contributed by atoms with Crippen LogP contribution in [0.1, 0.15) is 5.56 Å². The van der Waals surface area contributed by atoms with Gasteiger partial charge in [-0.3, -0.25) is 4.98 Å². The van der Waals surface area contributed by atoms with Crippen LogP contribution in [0.2, 0.25) is 0 Å². The van der Waals surface area contributed by atoms with Crippen LogP contribution in [0, 0.1) is 0 Å². The van der Waals surface area contributed by atoms with E-state index in [1.54, 1.807) is 12.4 Å². The third kappa shape index (κ3) is 1.02. The van der Waals surface area contributed by atoms with Gasteiger partial charge in [-0.15, -0.1) is 0 Å². The molecule has 0 bridgehead atoms. The molecule has 0 aromatic carbocycles. The number of hydrogen-bond donors (Lipinski definition) is 2. The Balaban J connectivity index is 2.56. The molecule has 0 saturated carbocycles. The van der Waals surface area contributed by atoms with Crippen LogP contribution in [0.15, 0.2) is 23.3 Å². The van der Waals surface area contributed by atoms with Gasteiger partial charge in [0.15, 0.2) is 0 Å². The van der Waals surface area contributed by atoms with Gasteiger partial charge in [-0.2, -0.15) is 0 Å². The number of aromatic nitrogens is 2. The molecule has 0 saturated heterocycles. The molecular formula is C7H7N3O. The molecule has 0 radical (unpaired) electrons. The Bertz CT molecular complexity index is 353. The second kappa shape index (κ2) is 2.23. The maximum absolute atomic E-state index is 10.7. The Morgan fingerprint density at radius 3 is 3.36 bits per heavy atom. The second-order valence-corrected chi connectivity index (χ2v) is 2.34. The highest BCUT2D eigenvalue weighted by Crippen LogP contribution is 2.13. The highest BCUT2D eigenvalue weighted by atomic mass is 16.1. The predicted molar refractivity (Wildman–Crippen MR) is 41.3 cm³/mol. The standard InChI is InChI=1S/C7H7N3O/c11-7-9-4-5-2-1-3-8-6(5)10-7/h1,3-4H,2H2,(H2,8,9,10,11). The fourth-order valence-electron chi connectivity index (χ4n) is 1.03. The molecule has 0 spiro atoms. The lowest BCUT2D eigenvalue weighted by Gasteiger charge is -2.09. The number of aromatic amines is 1. The Morgan fingerprint density at radius 1 is 1.55 bits per heavy atom. The summed E-state index contributed by atoms with van der Waals surface area (Å²) in [7, 11) is 0. The van der Waals surface area contributed by atoms with E-state index >= 15 is 0 Å². The quantitative estimate of drug-likeness (QED) is 0.556. The van der Waals surface area contributed by atoms with Crippen LogP contribution in [0.25, 0.3) is 0 Å². The van der Waals surface area contributed by atoms with Crippen LogP contribution in [0.5, 0.6) is 0 Å². The van der Waals surface area contributed by atoms with E-state index in [0.29, 0.717) is 0 Å². The van der Waals surface area contributed by atoms with Crippen LogP contribution in [-0.2, 0) is 6.42 Å². The van der Waals surface area contributed by atoms with Gasteiger partial charge in [-0.1, -0.05) is 6.08 Å². The lowest BCUT2D eigenvalue weighted by molar-refractivity contribution is 1.02. The molecule has 1 aromatic rings. The second-order valence-electron chi connectivity index (χ2n) is 2.34. The molecular weight excluding hydrogens is 142 g/mol. The van der Waals surface area contributed by atoms with Crippen LogP contribution in [0.3, 0.4) is 0 Å². The Kier molecular flexibility index (Phi) is 1.25. The van der Waals surface area contributed by atoms with Crippen molar-refractivity contribution in [3.8, 4) is 0 Å². The molecule has 11 heavy (non-hydrogen) atoms. The number of fused-ring (bicyclic) bond motifs is 1. The summed E-state index contributed by atoms with van der Waals surface area (Å²) in [5.74, 6) is 0.757. The van der Waals surface area contributed by atoms with Gasteiger partial charge < -0.3 is 5.32 Å². The zero-order chi connectivity index (χ0) is 7.68. The van der Waals surface area contributed by atoms with Gasteiger partial charge in [0.05, 0.1) is 0 Å². The summed E-state index contributed by atoms with van der Waals surface area (Å²) in [6.07, 6.45) is 6.19. The molecule has 56 valence electrons. The topological polar surface area (TPSA) is 57.8 Å². The number of allylic oxidation sites excluding steroid dienone is 1. The molecule has 4 heteroatoms. The predicted octanol–water partition coefficient (Wildman–Crippen LogP) is 0.252. The van der Waals surface area contributed by atoms with E-state index in [1.807, 2.05) is 6.08 Å². The number of anilines is 1. The van der Waals surface area contributed by atoms with E-state index in [9.17, 15) is 4.79 Å². The Labute approximate surface area is 63.0 Å². The summed E-state index contributed by atoms with van der Waals surface area (Å²) in [6.45, 7) is 0. The van der Waals surface area contributed by atoms with E-state index in [2.05, 4.69) is 15.3 Å². The molecule has 1 aliphatic rings. The van der Waals surface area contributed by atoms with Gasteiger partial charge in [0, 0.05) is 11.8 Å². The van der Waals surface area contributed by atoms with E-state index < -0.39 is 0 Å². The molecule has 0 aliphatic carbocycles. The Morgan fingerprint density at radius 2 is 2.45 bits per heavy atom. The van der Waals surface area contributed by atoms with Gasteiger partial charge in [-0.05, 0) is 12.6 Å². The first kappa shape index (κ1) is 6.15. The number of H-pyrrole nitrogens is 1. The molecule has 2 heterocycles. The first-order chi connectivity index (χ1) is 5.36. The van der Waals surface area contributed by atoms with Crippen molar-refractivity contribution < 1.29 is 0 Å². The molecule has 4 nitrogen and oxygen atoms in total. The maximum Gasteiger partial charge on any atom is 0.346 e. The molecule has 1 aliphatic heterocycles. The molecule has 2 N–H and O–H groups in total. The monoisotopic (exact) mass is 149 g/mol. The van der Waals surface area contributed by atoms with Crippen LogP contribution in [0.4, 0.5) is 5.82 Å². The average Bonchev–Trinajstić information content (AvgIpc) is 2.04. The maximum atomic E-state index is 10.7. The lowest BCUT2D eigenvalue weighted by Crippen LogP contribution is -2.15. The number of nitrogens with zero attached hydrogens (tertiary/aromatic N) is 1. The van der Waals surface area contributed by atoms with Crippen LogP contribution >= 0.6 is 0 Å². The van der Waals surface area contributed by atoms with E-state index in [-0.39, 0.29) is 5.69 Å². The minimum atomic E-state index is -0.313. The molecule has 0 fully saturated rings. The SMILES string of the molecule is O=c1ncc2c([nH]1)NC=CC2. The molecule has 0 atom stereocenters. The number of nitrogens with one attached hydrogen (secondary N) is 2. The summed E-state index contributed by atoms with van der Waals surface area (Å²) >= 11 is 0. The highest BCUT2D eigenvalue weighted by Gasteiger charge is 2.03. The van der Waals surface area contributed by atoms with Gasteiger partial charge in [-0.25, -0.2) is 9.78 Å². The zero-order valence-electron chi connectivity index (χ0n) is 5.79. The molecule has 2 rings (SSSR count). The smallest absolute Gasteiger partial charge is 0.346 e. The fraction of sp³-hybridized carbons (Fsp3) is 0.143. The largest absolute Gasteiger partial charge is 0.348 e. The first-order valence-corrected chi connectivity index (χ1v) is 3.36. The highest BCUT2D eigenvalue weighted by molar-refractivity contribution is 5.48. The summed E-state index contributed by atoms with van der Waals surface area (Å²) in [6, 6.07) is 0. The van der Waals surface area contributed by atoms with Gasteiger partial charge in [0.1, 0.15) is 5.82 Å². The van der Waals surface area contributed by atoms with Crippen molar-refractivity contribution in [3.63, 3.8) is 0 Å². The lowest BCUT2D eigenvalue weighted by atomic mass is 10.2. The van der Waals surface area contributed by atoms with Gasteiger partial charge in [0.2, 0.25) is 0 Å². The van der Waals surface area contributed by atoms with Crippen molar-refractivity contribution in [2.75, 3.05) is 5.32 Å². The van der Waals surface area contributed by atoms with Crippen molar-refractivity contribution in [2.45, 2.75) is 6.42 Å². The zero-order valence-corrected chi connectivity index (χ0v) is 5.79. The summed E-state index contributed by atoms with van der Waals surface area (Å²) in [5, 5.41) is 2.93. The van der Waals surface area contributed by atoms with E-state index in [1.165, 1.54) is 0 Å². The third-order valence-corrected chi connectivity index (χ3v) is 1.57. The van der Waals surface area contributed by atoms with Gasteiger partial charge in [0.25, 0.3) is 0 Å². The van der Waals surface area contributed by atoms with Crippen molar-refractivity contribution in [1.82, 2.24) is 9.97 Å². The first-order valence-electron chi connectivity index (χ1n) is 3.36. The molecule has 0 unspecified atom stereocenters. The van der Waals surface area contributed by atoms with Gasteiger partial charge >= 0.3 is 5.69 Å².